The van der Waals surface area contributed by atoms with Gasteiger partial charge in [0.25, 0.3) is 0 Å². The Kier molecular flexibility index (Phi) is 4.67. The van der Waals surface area contributed by atoms with Gasteiger partial charge >= 0.3 is 5.97 Å². The lowest BCUT2D eigenvalue weighted by molar-refractivity contribution is 0.0715. The highest BCUT2D eigenvalue weighted by Crippen LogP contribution is 2.23. The van der Waals surface area contributed by atoms with E-state index in [9.17, 15) is 4.79 Å². The summed E-state index contributed by atoms with van der Waals surface area (Å²) in [5, 5.41) is 13.5. The summed E-state index contributed by atoms with van der Waals surface area (Å²) in [5.74, 6) is -0.332. The van der Waals surface area contributed by atoms with Crippen molar-refractivity contribution < 1.29 is 9.53 Å². The van der Waals surface area contributed by atoms with E-state index in [1.54, 1.807) is 31.2 Å². The number of aromatic nitrogens is 5. The van der Waals surface area contributed by atoms with Gasteiger partial charge in [0.2, 0.25) is 5.88 Å². The number of carbonyl (C=O) groups excluding carboxylic acids is 1. The number of para-hydroxylation sites is 1. The van der Waals surface area contributed by atoms with Crippen molar-refractivity contribution in [1.29, 1.82) is 0 Å². The average Bonchev–Trinajstić information content (AvgIpc) is 3.25. The Balaban J connectivity index is 1.64. The van der Waals surface area contributed by atoms with Crippen LogP contribution in [0.1, 0.15) is 21.9 Å². The van der Waals surface area contributed by atoms with Crippen molar-refractivity contribution >= 4 is 17.6 Å². The van der Waals surface area contributed by atoms with E-state index in [2.05, 4.69) is 15.3 Å². The second-order valence-electron chi connectivity index (χ2n) is 6.16. The van der Waals surface area contributed by atoms with E-state index < -0.39 is 5.97 Å². The fourth-order valence-electron chi connectivity index (χ4n) is 2.73. The van der Waals surface area contributed by atoms with Crippen molar-refractivity contribution in [3.05, 3.63) is 82.8 Å². The fourth-order valence-corrected chi connectivity index (χ4v) is 2.91. The largest absolute Gasteiger partial charge is 0.402 e. The van der Waals surface area contributed by atoms with Gasteiger partial charge in [-0.1, -0.05) is 35.9 Å². The van der Waals surface area contributed by atoms with Gasteiger partial charge < -0.3 is 4.74 Å². The maximum absolute atomic E-state index is 12.7. The second kappa shape index (κ2) is 7.28. The molecule has 0 saturated heterocycles. The number of carbonyl (C=O) groups is 1. The fraction of sp³-hybridized carbons (Fsp3) is 0.100. The lowest BCUT2D eigenvalue weighted by Crippen LogP contribution is -2.14. The molecule has 140 valence electrons. The predicted octanol–water partition coefficient (Wildman–Crippen LogP) is 3.94. The van der Waals surface area contributed by atoms with Crippen LogP contribution in [0.2, 0.25) is 5.02 Å². The highest BCUT2D eigenvalue weighted by atomic mass is 35.5. The minimum atomic E-state index is -0.608. The van der Waals surface area contributed by atoms with E-state index in [1.807, 2.05) is 43.3 Å². The molecule has 0 atom stereocenters. The third kappa shape index (κ3) is 3.52. The highest BCUT2D eigenvalue weighted by Gasteiger charge is 2.21. The molecule has 7 nitrogen and oxygen atoms in total. The monoisotopic (exact) mass is 393 g/mol. The number of hydrogen-bond donors (Lipinski definition) is 0. The Morgan fingerprint density at radius 2 is 1.68 bits per heavy atom. The molecule has 2 aromatic heterocycles. The van der Waals surface area contributed by atoms with Crippen LogP contribution < -0.4 is 4.74 Å². The summed E-state index contributed by atoms with van der Waals surface area (Å²) in [7, 11) is 0. The maximum atomic E-state index is 12.7. The SMILES string of the molecule is Cc1cc(OC(=O)c2nn(-c3ccccc3)nc2C)n(-c2cccc(Cl)c2)n1. The Morgan fingerprint density at radius 3 is 2.43 bits per heavy atom. The van der Waals surface area contributed by atoms with Gasteiger partial charge in [0, 0.05) is 11.1 Å². The van der Waals surface area contributed by atoms with Gasteiger partial charge in [-0.05, 0) is 44.2 Å². The Bertz CT molecular complexity index is 1150. The first kappa shape index (κ1) is 17.9. The van der Waals surface area contributed by atoms with Crippen molar-refractivity contribution in [1.82, 2.24) is 24.8 Å². The van der Waals surface area contributed by atoms with E-state index >= 15 is 0 Å². The molecule has 4 aromatic rings. The molecule has 0 spiro atoms. The van der Waals surface area contributed by atoms with Crippen molar-refractivity contribution in [2.75, 3.05) is 0 Å². The van der Waals surface area contributed by atoms with Gasteiger partial charge in [0.1, 0.15) is 0 Å². The molecule has 0 fully saturated rings. The summed E-state index contributed by atoms with van der Waals surface area (Å²) < 4.78 is 7.10. The third-order valence-corrected chi connectivity index (χ3v) is 4.25. The van der Waals surface area contributed by atoms with Crippen molar-refractivity contribution in [2.24, 2.45) is 0 Å². The van der Waals surface area contributed by atoms with Gasteiger partial charge in [0.15, 0.2) is 5.69 Å². The molecule has 0 aliphatic heterocycles. The zero-order valence-corrected chi connectivity index (χ0v) is 16.0. The first-order valence-electron chi connectivity index (χ1n) is 8.55. The summed E-state index contributed by atoms with van der Waals surface area (Å²) in [5.41, 5.74) is 2.75. The minimum absolute atomic E-state index is 0.139. The number of aryl methyl sites for hydroxylation is 2. The summed E-state index contributed by atoms with van der Waals surface area (Å²) in [6.07, 6.45) is 0. The van der Waals surface area contributed by atoms with Gasteiger partial charge in [0.05, 0.1) is 22.8 Å². The second-order valence-corrected chi connectivity index (χ2v) is 6.60. The molecule has 4 rings (SSSR count). The van der Waals surface area contributed by atoms with Crippen LogP contribution in [0.3, 0.4) is 0 Å². The third-order valence-electron chi connectivity index (χ3n) is 4.01. The normalized spacial score (nSPS) is 10.8. The van der Waals surface area contributed by atoms with E-state index in [-0.39, 0.29) is 11.6 Å². The summed E-state index contributed by atoms with van der Waals surface area (Å²) in [6, 6.07) is 18.2. The summed E-state index contributed by atoms with van der Waals surface area (Å²) in [6.45, 7) is 3.53. The molecule has 2 aromatic carbocycles. The first-order chi connectivity index (χ1) is 13.5. The van der Waals surface area contributed by atoms with Crippen LogP contribution in [0, 0.1) is 13.8 Å². The number of ether oxygens (including phenoxy) is 1. The van der Waals surface area contributed by atoms with Crippen LogP contribution in [-0.2, 0) is 0 Å². The van der Waals surface area contributed by atoms with E-state index in [4.69, 9.17) is 16.3 Å². The number of hydrogen-bond acceptors (Lipinski definition) is 5. The predicted molar refractivity (Wildman–Crippen MR) is 104 cm³/mol. The van der Waals surface area contributed by atoms with Crippen LogP contribution in [0.5, 0.6) is 5.88 Å². The highest BCUT2D eigenvalue weighted by molar-refractivity contribution is 6.30. The van der Waals surface area contributed by atoms with E-state index in [0.29, 0.717) is 22.1 Å². The average molecular weight is 394 g/mol. The van der Waals surface area contributed by atoms with Gasteiger partial charge in [-0.3, -0.25) is 0 Å². The van der Waals surface area contributed by atoms with Crippen LogP contribution >= 0.6 is 11.6 Å². The molecule has 0 radical (unpaired) electrons. The Hall–Kier alpha value is -3.45. The van der Waals surface area contributed by atoms with Crippen molar-refractivity contribution in [3.63, 3.8) is 0 Å². The molecule has 0 bridgehead atoms. The Labute approximate surface area is 166 Å². The number of rotatable bonds is 4. The molecule has 2 heterocycles. The summed E-state index contributed by atoms with van der Waals surface area (Å²) in [4.78, 5) is 14.1. The van der Waals surface area contributed by atoms with Crippen LogP contribution in [0.15, 0.2) is 60.7 Å². The number of nitrogens with zero attached hydrogens (tertiary/aromatic N) is 5. The van der Waals surface area contributed by atoms with Crippen LogP contribution in [0.25, 0.3) is 11.4 Å². The molecule has 8 heteroatoms. The van der Waals surface area contributed by atoms with Crippen molar-refractivity contribution in [3.8, 4) is 17.3 Å². The minimum Gasteiger partial charge on any atom is -0.402 e. The zero-order valence-electron chi connectivity index (χ0n) is 15.2. The topological polar surface area (TPSA) is 74.8 Å². The van der Waals surface area contributed by atoms with Crippen LogP contribution in [0.4, 0.5) is 0 Å². The molecule has 0 aliphatic rings. The number of esters is 1. The van der Waals surface area contributed by atoms with Gasteiger partial charge in [-0.25, -0.2) is 9.48 Å². The first-order valence-corrected chi connectivity index (χ1v) is 8.93. The quantitative estimate of drug-likeness (QED) is 0.491. The molecule has 0 saturated carbocycles. The van der Waals surface area contributed by atoms with Gasteiger partial charge in [-0.15, -0.1) is 5.10 Å². The van der Waals surface area contributed by atoms with Crippen LogP contribution in [-0.4, -0.2) is 30.7 Å². The lowest BCUT2D eigenvalue weighted by atomic mass is 10.3. The van der Waals surface area contributed by atoms with E-state index in [0.717, 1.165) is 5.69 Å². The standard InChI is InChI=1S/C20H16ClN5O2/c1-13-11-18(25(22-13)17-10-6-7-15(21)12-17)28-20(27)19-14(2)23-26(24-19)16-8-4-3-5-9-16/h3-12H,1-2H3. The molecule has 0 unspecified atom stereocenters. The molecule has 0 aliphatic carbocycles. The van der Waals surface area contributed by atoms with Crippen molar-refractivity contribution in [2.45, 2.75) is 13.8 Å². The van der Waals surface area contributed by atoms with Gasteiger partial charge in [-0.2, -0.15) is 15.0 Å². The number of halogens is 1. The van der Waals surface area contributed by atoms with E-state index in [1.165, 1.54) is 9.48 Å². The number of benzene rings is 2. The molecular formula is C20H16ClN5O2. The molecule has 0 N–H and O–H groups in total. The smallest absolute Gasteiger partial charge is 0.367 e. The zero-order chi connectivity index (χ0) is 19.7. The molecule has 0 amide bonds. The maximum Gasteiger partial charge on any atom is 0.367 e. The Morgan fingerprint density at radius 1 is 0.929 bits per heavy atom. The molecule has 28 heavy (non-hydrogen) atoms. The molecular weight excluding hydrogens is 378 g/mol. The lowest BCUT2D eigenvalue weighted by Gasteiger charge is -2.07. The summed E-state index contributed by atoms with van der Waals surface area (Å²) >= 11 is 6.07.